The Balaban J connectivity index is 2.03. The maximum atomic E-state index is 12.1. The Morgan fingerprint density at radius 3 is 3.19 bits per heavy atom. The van der Waals surface area contributed by atoms with Crippen LogP contribution in [0, 0.1) is 0 Å². The fraction of sp³-hybridized carbons (Fsp3) is 0.417. The number of hydrogen-bond acceptors (Lipinski definition) is 4. The maximum Gasteiger partial charge on any atom is 0.231 e. The van der Waals surface area contributed by atoms with Crippen molar-refractivity contribution < 1.29 is 18.4 Å². The van der Waals surface area contributed by atoms with Crippen LogP contribution in [0.4, 0.5) is 0 Å². The molecular weight excluding hydrogens is 206 g/mol. The molecule has 4 nitrogen and oxygen atoms in total. The van der Waals surface area contributed by atoms with Crippen LogP contribution in [-0.2, 0) is 0 Å². The minimum absolute atomic E-state index is 0.153. The first-order valence-corrected chi connectivity index (χ1v) is 5.04. The molecule has 1 heterocycles. The van der Waals surface area contributed by atoms with Crippen molar-refractivity contribution in [1.82, 2.24) is 5.32 Å². The quantitative estimate of drug-likeness (QED) is 0.789. The molecule has 1 unspecified atom stereocenters. The number of likely N-dealkylation sites (N-methyl/N-ethyl adjacent to an activating group) is 1. The van der Waals surface area contributed by atoms with Gasteiger partial charge in [-0.05, 0) is 31.7 Å². The van der Waals surface area contributed by atoms with E-state index in [1.165, 1.54) is 0 Å². The van der Waals surface area contributed by atoms with Gasteiger partial charge in [0, 0.05) is 9.68 Å². The Hall–Kier alpha value is -1.55. The van der Waals surface area contributed by atoms with Crippen molar-refractivity contribution in [3.63, 3.8) is 0 Å². The van der Waals surface area contributed by atoms with Gasteiger partial charge in [-0.15, -0.1) is 0 Å². The lowest BCUT2D eigenvalue weighted by atomic mass is 10.0. The van der Waals surface area contributed by atoms with Crippen LogP contribution in [0.15, 0.2) is 18.2 Å². The third-order valence-corrected chi connectivity index (χ3v) is 2.46. The number of carbonyl (C=O) groups is 1. The zero-order valence-electron chi connectivity index (χ0n) is 11.9. The van der Waals surface area contributed by atoms with Crippen molar-refractivity contribution in [3.8, 4) is 11.5 Å². The molecule has 0 aliphatic carbocycles. The van der Waals surface area contributed by atoms with Crippen molar-refractivity contribution >= 4 is 5.78 Å². The molecule has 16 heavy (non-hydrogen) atoms. The molecule has 0 saturated heterocycles. The zero-order chi connectivity index (χ0) is 14.0. The lowest BCUT2D eigenvalue weighted by Crippen LogP contribution is -2.33. The standard InChI is InChI=1S/C12H15NO3/c1-3-13-8(2)12(14)9-4-5-10-11(6-9)16-7-15-10/h4-6,8,13H,3,7H2,1-2H3/i1D3. The van der Waals surface area contributed by atoms with Crippen molar-refractivity contribution in [2.24, 2.45) is 0 Å². The molecule has 86 valence electrons. The van der Waals surface area contributed by atoms with Gasteiger partial charge in [0.1, 0.15) is 0 Å². The van der Waals surface area contributed by atoms with Crippen LogP contribution < -0.4 is 14.8 Å². The molecule has 0 bridgehead atoms. The summed E-state index contributed by atoms with van der Waals surface area (Å²) in [5, 5.41) is 2.70. The first kappa shape index (κ1) is 7.68. The second kappa shape index (κ2) is 4.53. The summed E-state index contributed by atoms with van der Waals surface area (Å²) in [6.45, 7) is -0.508. The molecule has 0 fully saturated rings. The van der Waals surface area contributed by atoms with Gasteiger partial charge in [-0.2, -0.15) is 0 Å². The largest absolute Gasteiger partial charge is 0.454 e. The van der Waals surface area contributed by atoms with Crippen LogP contribution in [-0.4, -0.2) is 25.2 Å². The molecule has 1 aliphatic heterocycles. The Morgan fingerprint density at radius 2 is 2.38 bits per heavy atom. The fourth-order valence-corrected chi connectivity index (χ4v) is 1.55. The first-order chi connectivity index (χ1) is 8.87. The molecular formula is C12H15NO3. The van der Waals surface area contributed by atoms with Crippen LogP contribution in [0.1, 0.15) is 28.2 Å². The number of benzene rings is 1. The predicted octanol–water partition coefficient (Wildman–Crippen LogP) is 1.60. The Bertz CT molecular complexity index is 488. The van der Waals surface area contributed by atoms with E-state index in [0.717, 1.165) is 0 Å². The van der Waals surface area contributed by atoms with Crippen molar-refractivity contribution in [3.05, 3.63) is 23.8 Å². The highest BCUT2D eigenvalue weighted by Gasteiger charge is 2.19. The molecule has 1 aromatic carbocycles. The minimum atomic E-state index is -2.09. The summed E-state index contributed by atoms with van der Waals surface area (Å²) in [6.07, 6.45) is 0. The smallest absolute Gasteiger partial charge is 0.231 e. The van der Waals surface area contributed by atoms with Gasteiger partial charge in [0.25, 0.3) is 0 Å². The Morgan fingerprint density at radius 1 is 1.56 bits per heavy atom. The topological polar surface area (TPSA) is 47.6 Å². The number of ether oxygens (including phenoxy) is 2. The number of hydrogen-bond donors (Lipinski definition) is 1. The van der Waals surface area contributed by atoms with Crippen molar-refractivity contribution in [1.29, 1.82) is 0 Å². The van der Waals surface area contributed by atoms with Gasteiger partial charge in [0.2, 0.25) is 6.79 Å². The number of ketones is 1. The van der Waals surface area contributed by atoms with E-state index in [1.807, 2.05) is 0 Å². The van der Waals surface area contributed by atoms with Crippen molar-refractivity contribution in [2.45, 2.75) is 19.8 Å². The zero-order valence-corrected chi connectivity index (χ0v) is 8.95. The van der Waals surface area contributed by atoms with Gasteiger partial charge < -0.3 is 14.8 Å². The normalized spacial score (nSPS) is 18.4. The molecule has 0 spiro atoms. The number of carbonyl (C=O) groups excluding carboxylic acids is 1. The molecule has 2 rings (SSSR count). The number of Topliss-reactive ketones (excluding diaryl/α,β-unsaturated/α-hetero) is 1. The van der Waals surface area contributed by atoms with Crippen LogP contribution in [0.3, 0.4) is 0 Å². The molecule has 0 saturated carbocycles. The first-order valence-electron chi connectivity index (χ1n) is 6.54. The average molecular weight is 224 g/mol. The third-order valence-electron chi connectivity index (χ3n) is 2.46. The molecule has 0 radical (unpaired) electrons. The lowest BCUT2D eigenvalue weighted by molar-refractivity contribution is 0.0951. The van der Waals surface area contributed by atoms with E-state index in [2.05, 4.69) is 5.32 Å². The van der Waals surface area contributed by atoms with Gasteiger partial charge in [-0.3, -0.25) is 4.79 Å². The van der Waals surface area contributed by atoms with E-state index >= 15 is 0 Å². The highest BCUT2D eigenvalue weighted by atomic mass is 16.7. The minimum Gasteiger partial charge on any atom is -0.454 e. The summed E-state index contributed by atoms with van der Waals surface area (Å²) in [5.41, 5.74) is 0.467. The summed E-state index contributed by atoms with van der Waals surface area (Å²) in [6, 6.07) is 4.36. The maximum absolute atomic E-state index is 12.1. The van der Waals surface area contributed by atoms with E-state index in [1.54, 1.807) is 25.1 Å². The van der Waals surface area contributed by atoms with E-state index in [4.69, 9.17) is 13.6 Å². The van der Waals surface area contributed by atoms with Crippen LogP contribution >= 0.6 is 0 Å². The van der Waals surface area contributed by atoms with Crippen LogP contribution in [0.2, 0.25) is 0 Å². The number of nitrogens with one attached hydrogen (secondary N) is 1. The summed E-state index contributed by atoms with van der Waals surface area (Å²) in [5.74, 6) is 0.969. The lowest BCUT2D eigenvalue weighted by Gasteiger charge is -2.11. The second-order valence-electron chi connectivity index (χ2n) is 3.53. The molecule has 1 aromatic rings. The van der Waals surface area contributed by atoms with Gasteiger partial charge in [0.15, 0.2) is 17.3 Å². The highest BCUT2D eigenvalue weighted by Crippen LogP contribution is 2.32. The van der Waals surface area contributed by atoms with E-state index in [0.29, 0.717) is 17.1 Å². The highest BCUT2D eigenvalue weighted by molar-refractivity contribution is 6.00. The number of fused-ring (bicyclic) bond motifs is 1. The summed E-state index contributed by atoms with van der Waals surface area (Å²) in [4.78, 5) is 12.1. The molecule has 1 N–H and O–H groups in total. The molecule has 1 aliphatic rings. The van der Waals surface area contributed by atoms with Gasteiger partial charge in [0.05, 0.1) is 6.04 Å². The summed E-state index contributed by atoms with van der Waals surface area (Å²) in [7, 11) is 0. The Labute approximate surface area is 98.8 Å². The van der Waals surface area contributed by atoms with Crippen molar-refractivity contribution in [2.75, 3.05) is 13.3 Å². The predicted molar refractivity (Wildman–Crippen MR) is 60.0 cm³/mol. The van der Waals surface area contributed by atoms with Crippen LogP contribution in [0.25, 0.3) is 0 Å². The Kier molecular flexibility index (Phi) is 2.17. The van der Waals surface area contributed by atoms with E-state index in [-0.39, 0.29) is 19.1 Å². The molecule has 4 heteroatoms. The van der Waals surface area contributed by atoms with E-state index < -0.39 is 12.9 Å². The molecule has 0 aromatic heterocycles. The van der Waals surface area contributed by atoms with Gasteiger partial charge in [-0.25, -0.2) is 0 Å². The average Bonchev–Trinajstić information content (AvgIpc) is 2.81. The van der Waals surface area contributed by atoms with Gasteiger partial charge >= 0.3 is 0 Å². The summed E-state index contributed by atoms with van der Waals surface area (Å²) >= 11 is 0. The molecule has 0 amide bonds. The SMILES string of the molecule is [2H]C([2H])([2H])CNC(C)C(=O)c1ccc2c(c1)OCO2. The van der Waals surface area contributed by atoms with Crippen LogP contribution in [0.5, 0.6) is 11.5 Å². The van der Waals surface area contributed by atoms with E-state index in [9.17, 15) is 4.79 Å². The summed E-state index contributed by atoms with van der Waals surface area (Å²) < 4.78 is 31.6. The molecule has 1 atom stereocenters. The second-order valence-corrected chi connectivity index (χ2v) is 3.53. The monoisotopic (exact) mass is 224 g/mol. The number of rotatable bonds is 4. The van der Waals surface area contributed by atoms with Gasteiger partial charge in [-0.1, -0.05) is 6.85 Å². The third kappa shape index (κ3) is 2.02. The fourth-order valence-electron chi connectivity index (χ4n) is 1.55.